The summed E-state index contributed by atoms with van der Waals surface area (Å²) in [6.45, 7) is 3.66. The van der Waals surface area contributed by atoms with Crippen molar-refractivity contribution >= 4 is 44.4 Å². The number of carbonyl (C=O) groups excluding carboxylic acids is 2. The van der Waals surface area contributed by atoms with Crippen LogP contribution in [0.25, 0.3) is 10.9 Å². The van der Waals surface area contributed by atoms with Crippen molar-refractivity contribution in [1.82, 2.24) is 20.0 Å². The van der Waals surface area contributed by atoms with Gasteiger partial charge in [-0.1, -0.05) is 28.8 Å². The van der Waals surface area contributed by atoms with Gasteiger partial charge >= 0.3 is 0 Å². The smallest absolute Gasteiger partial charge is 0.254 e. The summed E-state index contributed by atoms with van der Waals surface area (Å²) in [7, 11) is 3.97. The molecule has 1 aromatic heterocycles. The number of fused-ring (bicyclic) bond motifs is 1. The second-order valence-electron chi connectivity index (χ2n) is 9.34. The first kappa shape index (κ1) is 24.8. The first-order valence-corrected chi connectivity index (χ1v) is 12.6. The number of aromatic nitrogens is 2. The van der Waals surface area contributed by atoms with E-state index in [4.69, 9.17) is 4.74 Å². The van der Waals surface area contributed by atoms with Crippen LogP contribution in [-0.4, -0.2) is 72.6 Å². The minimum Gasteiger partial charge on any atom is -0.376 e. The van der Waals surface area contributed by atoms with Crippen molar-refractivity contribution < 1.29 is 14.3 Å². The minimum absolute atomic E-state index is 0.169. The number of aliphatic imine (C=N–C) groups is 1. The van der Waals surface area contributed by atoms with Crippen LogP contribution in [-0.2, 0) is 9.53 Å². The van der Waals surface area contributed by atoms with Crippen molar-refractivity contribution in [2.24, 2.45) is 10.9 Å². The molecule has 1 saturated carbocycles. The molecule has 2 aliphatic rings. The summed E-state index contributed by atoms with van der Waals surface area (Å²) in [6.07, 6.45) is 8.30. The Hall–Kier alpha value is -2.36. The van der Waals surface area contributed by atoms with Gasteiger partial charge in [-0.15, -0.1) is 0 Å². The van der Waals surface area contributed by atoms with Crippen molar-refractivity contribution in [3.05, 3.63) is 40.0 Å². The van der Waals surface area contributed by atoms with Crippen molar-refractivity contribution in [1.29, 1.82) is 0 Å². The maximum Gasteiger partial charge on any atom is 0.254 e. The number of amides is 2. The Morgan fingerprint density at radius 3 is 2.79 bits per heavy atom. The molecule has 0 spiro atoms. The molecular formula is C25H32BrN5O3. The van der Waals surface area contributed by atoms with Gasteiger partial charge in [0.05, 0.1) is 42.5 Å². The third-order valence-electron chi connectivity index (χ3n) is 6.44. The zero-order chi connectivity index (χ0) is 24.2. The minimum atomic E-state index is -0.532. The van der Waals surface area contributed by atoms with Crippen LogP contribution in [0.4, 0.5) is 0 Å². The number of hydrogen-bond donors (Lipinski definition) is 1. The summed E-state index contributed by atoms with van der Waals surface area (Å²) in [5, 5.41) is 8.39. The van der Waals surface area contributed by atoms with Crippen molar-refractivity contribution in [3.8, 4) is 0 Å². The van der Waals surface area contributed by atoms with Gasteiger partial charge in [0.2, 0.25) is 0 Å². The normalized spacial score (nSPS) is 19.1. The molecule has 1 aromatic carbocycles. The average molecular weight is 530 g/mol. The summed E-state index contributed by atoms with van der Waals surface area (Å²) in [5.74, 6) is -1.01. The number of carbonyl (C=O) groups is 2. The van der Waals surface area contributed by atoms with E-state index in [2.05, 4.69) is 36.0 Å². The van der Waals surface area contributed by atoms with E-state index in [-0.39, 0.29) is 18.4 Å². The lowest BCUT2D eigenvalue weighted by Gasteiger charge is -2.22. The summed E-state index contributed by atoms with van der Waals surface area (Å²) in [4.78, 5) is 32.0. The summed E-state index contributed by atoms with van der Waals surface area (Å²) in [6, 6.07) is 4.21. The van der Waals surface area contributed by atoms with Gasteiger partial charge < -0.3 is 15.0 Å². The Balaban J connectivity index is 1.48. The van der Waals surface area contributed by atoms with Crippen LogP contribution >= 0.6 is 15.9 Å². The largest absolute Gasteiger partial charge is 0.376 e. The Morgan fingerprint density at radius 2 is 2.06 bits per heavy atom. The van der Waals surface area contributed by atoms with Crippen LogP contribution in [0.3, 0.4) is 0 Å². The standard InChI is InChI=1S/C25H32BrN5O3/c1-16-10-17(15-34-9-8-30(2)3)21(25(33)29-16)13-27-24(32)20-11-18(26)12-23-22(20)14-28-31(23)19-6-4-5-7-19/h10-12,14,19,21H,4-9,13,15H2,1-3H3,(H,27,32). The third kappa shape index (κ3) is 5.64. The Kier molecular flexibility index (Phi) is 7.95. The number of ether oxygens (including phenoxy) is 1. The fraction of sp³-hybridized carbons (Fsp3) is 0.520. The van der Waals surface area contributed by atoms with Crippen molar-refractivity contribution in [3.63, 3.8) is 0 Å². The summed E-state index contributed by atoms with van der Waals surface area (Å²) >= 11 is 3.56. The van der Waals surface area contributed by atoms with Gasteiger partial charge in [0, 0.05) is 28.7 Å². The van der Waals surface area contributed by atoms with Gasteiger partial charge in [-0.2, -0.15) is 5.10 Å². The summed E-state index contributed by atoms with van der Waals surface area (Å²) < 4.78 is 8.66. The van der Waals surface area contributed by atoms with E-state index >= 15 is 0 Å². The van der Waals surface area contributed by atoms with E-state index in [0.29, 0.717) is 30.5 Å². The van der Waals surface area contributed by atoms with E-state index in [1.54, 1.807) is 13.1 Å². The molecule has 1 atom stereocenters. The number of likely N-dealkylation sites (N-methyl/N-ethyl adjacent to an activating group) is 1. The maximum atomic E-state index is 13.2. The second kappa shape index (κ2) is 10.9. The molecule has 0 radical (unpaired) electrons. The highest BCUT2D eigenvalue weighted by Gasteiger charge is 2.28. The second-order valence-corrected chi connectivity index (χ2v) is 10.3. The zero-order valence-corrected chi connectivity index (χ0v) is 21.6. The van der Waals surface area contributed by atoms with Crippen LogP contribution in [0.2, 0.25) is 0 Å². The molecule has 8 nitrogen and oxygen atoms in total. The topological polar surface area (TPSA) is 88.8 Å². The lowest BCUT2D eigenvalue weighted by molar-refractivity contribution is -0.120. The third-order valence-corrected chi connectivity index (χ3v) is 6.90. The Labute approximate surface area is 208 Å². The van der Waals surface area contributed by atoms with E-state index in [1.165, 1.54) is 12.8 Å². The van der Waals surface area contributed by atoms with E-state index in [1.807, 2.05) is 37.2 Å². The molecule has 0 saturated heterocycles. The lowest BCUT2D eigenvalue weighted by Crippen LogP contribution is -2.36. The number of nitrogens with zero attached hydrogens (tertiary/aromatic N) is 4. The number of nitrogens with one attached hydrogen (secondary N) is 1. The molecule has 1 unspecified atom stereocenters. The molecular weight excluding hydrogens is 498 g/mol. The predicted molar refractivity (Wildman–Crippen MR) is 136 cm³/mol. The molecule has 2 aromatic rings. The van der Waals surface area contributed by atoms with Gasteiger partial charge in [0.15, 0.2) is 0 Å². The zero-order valence-electron chi connectivity index (χ0n) is 20.0. The van der Waals surface area contributed by atoms with E-state index in [0.717, 1.165) is 40.3 Å². The SMILES string of the molecule is CC1=NC(=O)C(CNC(=O)c2cc(Br)cc3c2cnn3C2CCCC2)C(COCCN(C)C)=C1. The van der Waals surface area contributed by atoms with Gasteiger partial charge in [0.1, 0.15) is 0 Å². The molecule has 1 fully saturated rings. The van der Waals surface area contributed by atoms with Gasteiger partial charge in [-0.3, -0.25) is 14.3 Å². The Bertz CT molecular complexity index is 1130. The lowest BCUT2D eigenvalue weighted by atomic mass is 9.94. The van der Waals surface area contributed by atoms with Crippen LogP contribution < -0.4 is 5.32 Å². The number of rotatable bonds is 9. The first-order valence-electron chi connectivity index (χ1n) is 11.8. The van der Waals surface area contributed by atoms with E-state index in [9.17, 15) is 9.59 Å². The quantitative estimate of drug-likeness (QED) is 0.499. The molecule has 0 bridgehead atoms. The van der Waals surface area contributed by atoms with Crippen LogP contribution in [0.5, 0.6) is 0 Å². The highest BCUT2D eigenvalue weighted by atomic mass is 79.9. The number of benzene rings is 1. The fourth-order valence-corrected chi connectivity index (χ4v) is 5.08. The maximum absolute atomic E-state index is 13.2. The van der Waals surface area contributed by atoms with Crippen LogP contribution in [0.15, 0.2) is 39.4 Å². The molecule has 2 amide bonds. The molecule has 2 heterocycles. The highest BCUT2D eigenvalue weighted by Crippen LogP contribution is 2.33. The van der Waals surface area contributed by atoms with Gasteiger partial charge in [-0.05, 0) is 57.6 Å². The molecule has 4 rings (SSSR count). The van der Waals surface area contributed by atoms with Crippen molar-refractivity contribution in [2.45, 2.75) is 38.6 Å². The number of allylic oxidation sites excluding steroid dienone is 1. The predicted octanol–water partition coefficient (Wildman–Crippen LogP) is 3.77. The van der Waals surface area contributed by atoms with Gasteiger partial charge in [0.25, 0.3) is 11.8 Å². The van der Waals surface area contributed by atoms with Crippen LogP contribution in [0, 0.1) is 5.92 Å². The monoisotopic (exact) mass is 529 g/mol. The number of halogens is 1. The van der Waals surface area contributed by atoms with Gasteiger partial charge in [-0.25, -0.2) is 4.99 Å². The molecule has 34 heavy (non-hydrogen) atoms. The Morgan fingerprint density at radius 1 is 1.29 bits per heavy atom. The molecule has 1 aliphatic heterocycles. The highest BCUT2D eigenvalue weighted by molar-refractivity contribution is 9.10. The molecule has 1 aliphatic carbocycles. The van der Waals surface area contributed by atoms with Crippen LogP contribution in [0.1, 0.15) is 49.0 Å². The fourth-order valence-electron chi connectivity index (χ4n) is 4.64. The van der Waals surface area contributed by atoms with E-state index < -0.39 is 5.92 Å². The molecule has 1 N–H and O–H groups in total. The number of hydrogen-bond acceptors (Lipinski definition) is 5. The number of dihydropyridines is 1. The average Bonchev–Trinajstić information content (AvgIpc) is 3.44. The summed E-state index contributed by atoms with van der Waals surface area (Å²) in [5.41, 5.74) is 3.00. The molecule has 9 heteroatoms. The first-order chi connectivity index (χ1) is 16.3. The van der Waals surface area contributed by atoms with Crippen molar-refractivity contribution in [2.75, 3.05) is 40.4 Å². The molecule has 182 valence electrons.